The third kappa shape index (κ3) is 5.86. The van der Waals surface area contributed by atoms with Gasteiger partial charge in [-0.2, -0.15) is 18.4 Å². The number of carbonyl (C=O) groups is 1. The highest BCUT2D eigenvalue weighted by molar-refractivity contribution is 9.10. The fourth-order valence-electron chi connectivity index (χ4n) is 2.25. The maximum absolute atomic E-state index is 12.8. The largest absolute Gasteiger partial charge is 0.493 e. The number of nitriles is 1. The predicted octanol–water partition coefficient (Wildman–Crippen LogP) is 5.80. The molecule has 2 aromatic carbocycles. The van der Waals surface area contributed by atoms with Crippen molar-refractivity contribution in [3.63, 3.8) is 0 Å². The first-order valence-corrected chi connectivity index (χ1v) is 9.06. The zero-order valence-electron chi connectivity index (χ0n) is 14.8. The molecule has 2 aromatic rings. The Morgan fingerprint density at radius 3 is 2.68 bits per heavy atom. The van der Waals surface area contributed by atoms with Gasteiger partial charge >= 0.3 is 6.18 Å². The summed E-state index contributed by atoms with van der Waals surface area (Å²) in [6.45, 7) is 2.40. The van der Waals surface area contributed by atoms with E-state index in [0.717, 1.165) is 23.0 Å². The van der Waals surface area contributed by atoms with Gasteiger partial charge in [0.1, 0.15) is 17.4 Å². The minimum Gasteiger partial charge on any atom is -0.493 e. The minimum absolute atomic E-state index is 0.0577. The van der Waals surface area contributed by atoms with Gasteiger partial charge in [0.15, 0.2) is 0 Å². The van der Waals surface area contributed by atoms with Crippen LogP contribution in [0.4, 0.5) is 18.9 Å². The Kier molecular flexibility index (Phi) is 7.24. The lowest BCUT2D eigenvalue weighted by Crippen LogP contribution is -2.14. The van der Waals surface area contributed by atoms with Crippen LogP contribution < -0.4 is 10.1 Å². The van der Waals surface area contributed by atoms with E-state index in [0.29, 0.717) is 17.9 Å². The van der Waals surface area contributed by atoms with Crippen molar-refractivity contribution in [2.24, 2.45) is 0 Å². The number of anilines is 1. The number of carbonyl (C=O) groups excluding carboxylic acids is 1. The van der Waals surface area contributed by atoms with E-state index in [1.165, 1.54) is 18.2 Å². The Balaban J connectivity index is 2.30. The van der Waals surface area contributed by atoms with Gasteiger partial charge in [0.05, 0.1) is 12.2 Å². The van der Waals surface area contributed by atoms with Gasteiger partial charge in [-0.3, -0.25) is 4.79 Å². The summed E-state index contributed by atoms with van der Waals surface area (Å²) in [7, 11) is 0. The fraction of sp³-hybridized carbons (Fsp3) is 0.200. The topological polar surface area (TPSA) is 62.1 Å². The summed E-state index contributed by atoms with van der Waals surface area (Å²) in [4.78, 5) is 12.4. The quantitative estimate of drug-likeness (QED) is 0.444. The molecule has 0 heterocycles. The number of hydrogen-bond donors (Lipinski definition) is 1. The summed E-state index contributed by atoms with van der Waals surface area (Å²) in [5, 5.41) is 11.7. The first-order valence-electron chi connectivity index (χ1n) is 8.27. The number of halogens is 4. The van der Waals surface area contributed by atoms with Crippen molar-refractivity contribution in [2.45, 2.75) is 19.5 Å². The Morgan fingerprint density at radius 1 is 1.29 bits per heavy atom. The highest BCUT2D eigenvalue weighted by Crippen LogP contribution is 2.31. The molecule has 0 unspecified atom stereocenters. The van der Waals surface area contributed by atoms with Crippen molar-refractivity contribution < 1.29 is 22.7 Å². The molecule has 0 aliphatic heterocycles. The van der Waals surface area contributed by atoms with Crippen LogP contribution in [0.2, 0.25) is 0 Å². The van der Waals surface area contributed by atoms with Crippen molar-refractivity contribution in [3.8, 4) is 11.8 Å². The molecule has 0 saturated carbocycles. The molecule has 0 bridgehead atoms. The van der Waals surface area contributed by atoms with Crippen LogP contribution in [0.25, 0.3) is 6.08 Å². The Labute approximate surface area is 168 Å². The van der Waals surface area contributed by atoms with Gasteiger partial charge in [0.25, 0.3) is 5.91 Å². The number of rotatable bonds is 6. The molecule has 1 amide bonds. The molecular weight excluding hydrogens is 437 g/mol. The number of ether oxygens (including phenoxy) is 1. The zero-order valence-corrected chi connectivity index (χ0v) is 16.4. The SMILES string of the molecule is CCCOc1ccc(Br)cc1/C=C(\C#N)C(=O)Nc1cccc(C(F)(F)F)c1. The Morgan fingerprint density at radius 2 is 2.04 bits per heavy atom. The third-order valence-corrected chi connectivity index (χ3v) is 4.04. The summed E-state index contributed by atoms with van der Waals surface area (Å²) in [6, 6.07) is 11.1. The molecule has 0 fully saturated rings. The number of hydrogen-bond acceptors (Lipinski definition) is 3. The van der Waals surface area contributed by atoms with Gasteiger partial charge in [-0.25, -0.2) is 0 Å². The van der Waals surface area contributed by atoms with Crippen molar-refractivity contribution >= 4 is 33.6 Å². The first kappa shape index (κ1) is 21.5. The molecule has 146 valence electrons. The average molecular weight is 453 g/mol. The molecule has 8 heteroatoms. The maximum Gasteiger partial charge on any atom is 0.416 e. The maximum atomic E-state index is 12.8. The summed E-state index contributed by atoms with van der Waals surface area (Å²) in [5.74, 6) is -0.326. The molecule has 1 N–H and O–H groups in total. The van der Waals surface area contributed by atoms with Gasteiger partial charge in [-0.15, -0.1) is 0 Å². The van der Waals surface area contributed by atoms with E-state index < -0.39 is 17.6 Å². The molecule has 0 atom stereocenters. The van der Waals surface area contributed by atoms with Gasteiger partial charge in [-0.05, 0) is 48.9 Å². The number of amides is 1. The van der Waals surface area contributed by atoms with E-state index in [1.807, 2.05) is 6.92 Å². The van der Waals surface area contributed by atoms with Gasteiger partial charge in [0, 0.05) is 15.7 Å². The van der Waals surface area contributed by atoms with Crippen molar-refractivity contribution in [1.82, 2.24) is 0 Å². The lowest BCUT2D eigenvalue weighted by Gasteiger charge is -2.11. The smallest absolute Gasteiger partial charge is 0.416 e. The summed E-state index contributed by atoms with van der Waals surface area (Å²) < 4.78 is 44.7. The van der Waals surface area contributed by atoms with E-state index in [-0.39, 0.29) is 11.3 Å². The first-order chi connectivity index (χ1) is 13.2. The lowest BCUT2D eigenvalue weighted by atomic mass is 10.1. The number of nitrogens with zero attached hydrogens (tertiary/aromatic N) is 1. The van der Waals surface area contributed by atoms with Crippen LogP contribution >= 0.6 is 15.9 Å². The van der Waals surface area contributed by atoms with Crippen molar-refractivity contribution in [2.75, 3.05) is 11.9 Å². The normalized spacial score (nSPS) is 11.6. The number of alkyl halides is 3. The highest BCUT2D eigenvalue weighted by atomic mass is 79.9. The van der Waals surface area contributed by atoms with Crippen LogP contribution in [-0.4, -0.2) is 12.5 Å². The molecule has 0 saturated heterocycles. The van der Waals surface area contributed by atoms with Crippen LogP contribution in [0.15, 0.2) is 52.5 Å². The number of nitrogens with one attached hydrogen (secondary N) is 1. The van der Waals surface area contributed by atoms with Gasteiger partial charge < -0.3 is 10.1 Å². The van der Waals surface area contributed by atoms with Crippen LogP contribution in [-0.2, 0) is 11.0 Å². The standard InChI is InChI=1S/C20H16BrF3N2O2/c1-2-8-28-18-7-6-16(21)10-13(18)9-14(12-25)19(27)26-17-5-3-4-15(11-17)20(22,23)24/h3-7,9-11H,2,8H2,1H3,(H,26,27)/b14-9+. The van der Waals surface area contributed by atoms with E-state index >= 15 is 0 Å². The molecule has 0 spiro atoms. The second kappa shape index (κ2) is 9.42. The highest BCUT2D eigenvalue weighted by Gasteiger charge is 2.30. The predicted molar refractivity (Wildman–Crippen MR) is 104 cm³/mol. The lowest BCUT2D eigenvalue weighted by molar-refractivity contribution is -0.137. The Bertz CT molecular complexity index is 934. The monoisotopic (exact) mass is 452 g/mol. The zero-order chi connectivity index (χ0) is 20.7. The second-order valence-electron chi connectivity index (χ2n) is 5.73. The van der Waals surface area contributed by atoms with E-state index in [1.54, 1.807) is 24.3 Å². The third-order valence-electron chi connectivity index (χ3n) is 3.55. The van der Waals surface area contributed by atoms with Crippen LogP contribution in [0, 0.1) is 11.3 Å². The summed E-state index contributed by atoms with van der Waals surface area (Å²) in [5.41, 5.74) is -0.719. The van der Waals surface area contributed by atoms with Crippen LogP contribution in [0.1, 0.15) is 24.5 Å². The molecular formula is C20H16BrF3N2O2. The van der Waals surface area contributed by atoms with Crippen LogP contribution in [0.5, 0.6) is 5.75 Å². The summed E-state index contributed by atoms with van der Waals surface area (Å²) >= 11 is 3.32. The van der Waals surface area contributed by atoms with Gasteiger partial charge in [0.2, 0.25) is 0 Å². The van der Waals surface area contributed by atoms with E-state index in [2.05, 4.69) is 21.2 Å². The second-order valence-corrected chi connectivity index (χ2v) is 6.65. The molecule has 2 rings (SSSR count). The molecule has 0 radical (unpaired) electrons. The molecule has 4 nitrogen and oxygen atoms in total. The van der Waals surface area contributed by atoms with Crippen LogP contribution in [0.3, 0.4) is 0 Å². The molecule has 0 aromatic heterocycles. The van der Waals surface area contributed by atoms with Crippen molar-refractivity contribution in [3.05, 3.63) is 63.6 Å². The molecule has 28 heavy (non-hydrogen) atoms. The minimum atomic E-state index is -4.53. The summed E-state index contributed by atoms with van der Waals surface area (Å²) in [6.07, 6.45) is -2.42. The van der Waals surface area contributed by atoms with E-state index in [4.69, 9.17) is 4.74 Å². The fourth-order valence-corrected chi connectivity index (χ4v) is 2.63. The average Bonchev–Trinajstić information content (AvgIpc) is 2.64. The number of benzene rings is 2. The molecule has 0 aliphatic carbocycles. The van der Waals surface area contributed by atoms with E-state index in [9.17, 15) is 23.2 Å². The van der Waals surface area contributed by atoms with Crippen molar-refractivity contribution in [1.29, 1.82) is 5.26 Å². The van der Waals surface area contributed by atoms with Gasteiger partial charge in [-0.1, -0.05) is 28.9 Å². The Hall–Kier alpha value is -2.79. The molecule has 0 aliphatic rings.